The number of anilines is 2. The number of hydrogen-bond acceptors (Lipinski definition) is 12. The number of methoxy groups -OCH3 is 2. The predicted molar refractivity (Wildman–Crippen MR) is 317 cm³/mol. The van der Waals surface area contributed by atoms with Crippen LogP contribution in [0, 0.1) is 0 Å². The van der Waals surface area contributed by atoms with Crippen LogP contribution in [0.25, 0.3) is 0 Å². The monoisotopic (exact) mass is 1160 g/mol. The lowest BCUT2D eigenvalue weighted by Gasteiger charge is -2.41. The molecule has 2 spiro atoms. The second-order valence-corrected chi connectivity index (χ2v) is 25.1. The zero-order chi connectivity index (χ0) is 57.2. The Balaban J connectivity index is 0.000000172. The number of ether oxygens (including phenoxy) is 4. The van der Waals surface area contributed by atoms with Crippen molar-refractivity contribution in [2.75, 3.05) is 76.5 Å². The Morgan fingerprint density at radius 3 is 1.39 bits per heavy atom. The first-order valence-corrected chi connectivity index (χ1v) is 30.5. The molecule has 0 saturated heterocycles. The van der Waals surface area contributed by atoms with Gasteiger partial charge in [-0.2, -0.15) is 0 Å². The minimum atomic E-state index is -2.11. The first kappa shape index (κ1) is 57.7. The van der Waals surface area contributed by atoms with Crippen molar-refractivity contribution in [3.05, 3.63) is 141 Å². The van der Waals surface area contributed by atoms with Crippen LogP contribution in [-0.2, 0) is 63.5 Å². The van der Waals surface area contributed by atoms with Crippen molar-refractivity contribution in [1.29, 1.82) is 0 Å². The van der Waals surface area contributed by atoms with E-state index in [1.54, 1.807) is 21.9 Å². The van der Waals surface area contributed by atoms with Crippen LogP contribution in [0.4, 0.5) is 11.4 Å². The third-order valence-corrected chi connectivity index (χ3v) is 19.0. The van der Waals surface area contributed by atoms with E-state index in [2.05, 4.69) is 46.2 Å². The number of hydrogen-bond donors (Lipinski definition) is 2. The summed E-state index contributed by atoms with van der Waals surface area (Å²) >= 11 is 12.8. The highest BCUT2D eigenvalue weighted by Gasteiger charge is 2.49. The van der Waals surface area contributed by atoms with Gasteiger partial charge < -0.3 is 48.8 Å². The SMILES string of the molecule is COC(=O)[C@@]1(O)CC(=O)N(C2CC2)C/C=C/CCCCN2C[C@@]3(CCCc4cc(Cl)ccc43)COc3ccc1cc32.COC(=O)[C@]1(O)CC(=O)N(C2CC2)C/C=C/CCCCN2C[C@@]3(CCCc4cc(Cl)ccc43)COc3ccc1cc32. The summed E-state index contributed by atoms with van der Waals surface area (Å²) in [6, 6.07) is 23.5. The number of nitrogens with zero attached hydrogens (tertiary/aromatic N) is 4. The molecule has 4 bridgehead atoms. The van der Waals surface area contributed by atoms with Crippen molar-refractivity contribution >= 4 is 58.3 Å². The van der Waals surface area contributed by atoms with Gasteiger partial charge in [0.05, 0.1) is 51.6 Å². The van der Waals surface area contributed by atoms with Crippen LogP contribution in [0.3, 0.4) is 0 Å². The maximum absolute atomic E-state index is 13.5. The van der Waals surface area contributed by atoms with Gasteiger partial charge in [0, 0.05) is 72.2 Å². The average molecular weight is 1160 g/mol. The number of aliphatic hydroxyl groups is 2. The molecule has 82 heavy (non-hydrogen) atoms. The summed E-state index contributed by atoms with van der Waals surface area (Å²) in [6.07, 6.45) is 23.4. The first-order valence-electron chi connectivity index (χ1n) is 29.8. The van der Waals surface area contributed by atoms with Gasteiger partial charge in [0.25, 0.3) is 0 Å². The molecule has 4 aliphatic carbocycles. The van der Waals surface area contributed by atoms with Crippen molar-refractivity contribution in [2.24, 2.45) is 0 Å². The smallest absolute Gasteiger partial charge is 0.343 e. The van der Waals surface area contributed by atoms with E-state index < -0.39 is 23.1 Å². The summed E-state index contributed by atoms with van der Waals surface area (Å²) in [4.78, 5) is 61.7. The number of aryl methyl sites for hydroxylation is 2. The van der Waals surface area contributed by atoms with Gasteiger partial charge in [0.1, 0.15) is 11.5 Å². The molecular formula is C66H78Cl2N4O10. The fourth-order valence-corrected chi connectivity index (χ4v) is 14.2. The number of benzene rings is 4. The zero-order valence-corrected chi connectivity index (χ0v) is 49.0. The summed E-state index contributed by atoms with van der Waals surface area (Å²) in [5.74, 6) is -0.740. The van der Waals surface area contributed by atoms with Crippen LogP contribution < -0.4 is 19.3 Å². The summed E-state index contributed by atoms with van der Waals surface area (Å²) in [7, 11) is 2.49. The number of carbonyl (C=O) groups is 4. The summed E-state index contributed by atoms with van der Waals surface area (Å²) in [5, 5.41) is 25.3. The normalized spacial score (nSPS) is 27.6. The van der Waals surface area contributed by atoms with Gasteiger partial charge >= 0.3 is 11.9 Å². The number of carbonyl (C=O) groups excluding carboxylic acids is 4. The molecule has 2 N–H and O–H groups in total. The van der Waals surface area contributed by atoms with E-state index in [9.17, 15) is 29.4 Å². The lowest BCUT2D eigenvalue weighted by atomic mass is 9.70. The Hall–Kier alpha value is -6.06. The van der Waals surface area contributed by atoms with Crippen molar-refractivity contribution < 1.29 is 48.3 Å². The van der Waals surface area contributed by atoms with Crippen LogP contribution in [-0.4, -0.2) is 123 Å². The maximum atomic E-state index is 13.5. The lowest BCUT2D eigenvalue weighted by molar-refractivity contribution is -0.168. The molecule has 14 nitrogen and oxygen atoms in total. The maximum Gasteiger partial charge on any atom is 0.343 e. The van der Waals surface area contributed by atoms with Crippen molar-refractivity contribution in [2.45, 2.75) is 150 Å². The Morgan fingerprint density at radius 2 is 0.988 bits per heavy atom. The standard InChI is InChI=1S/2C33H39ClN2O5/c2*1-40-31(38)33(39)20-30(37)36(26-11-12-26)17-6-4-2-3-5-16-35-21-32(22-41-29-14-9-24(33)19-28(29)35)15-7-8-23-18-25(34)10-13-27(23)32/h2*4,6,9-10,13-14,18-19,26,39H,2-3,5,7-8,11-12,15-17,20-22H2,1H3/b2*6-4+/t32-,33+;32-,33-/m00/s1. The van der Waals surface area contributed by atoms with E-state index in [4.69, 9.17) is 42.1 Å². The van der Waals surface area contributed by atoms with Crippen molar-refractivity contribution in [3.63, 3.8) is 0 Å². The highest BCUT2D eigenvalue weighted by atomic mass is 35.5. The quantitative estimate of drug-likeness (QED) is 0.147. The van der Waals surface area contributed by atoms with Crippen LogP contribution in [0.1, 0.15) is 136 Å². The average Bonchev–Trinajstić information content (AvgIpc) is 3.62. The van der Waals surface area contributed by atoms with E-state index in [-0.39, 0.29) is 47.6 Å². The van der Waals surface area contributed by atoms with Crippen molar-refractivity contribution in [3.8, 4) is 11.5 Å². The van der Waals surface area contributed by atoms with Crippen LogP contribution >= 0.6 is 23.2 Å². The molecule has 12 rings (SSSR count). The molecule has 2 fully saturated rings. The van der Waals surface area contributed by atoms with Crippen LogP contribution in [0.5, 0.6) is 11.5 Å². The fourth-order valence-electron chi connectivity index (χ4n) is 13.8. The van der Waals surface area contributed by atoms with Gasteiger partial charge in [-0.15, -0.1) is 0 Å². The molecule has 4 aromatic rings. The van der Waals surface area contributed by atoms with E-state index in [0.29, 0.717) is 48.9 Å². The second-order valence-electron chi connectivity index (χ2n) is 24.2. The molecule has 2 amide bonds. The second kappa shape index (κ2) is 24.3. The number of esters is 2. The van der Waals surface area contributed by atoms with Crippen molar-refractivity contribution in [1.82, 2.24) is 9.80 Å². The summed E-state index contributed by atoms with van der Waals surface area (Å²) < 4.78 is 23.2. The minimum absolute atomic E-state index is 0.158. The van der Waals surface area contributed by atoms with Crippen LogP contribution in [0.15, 0.2) is 97.1 Å². The molecule has 2 saturated carbocycles. The molecule has 4 aliphatic heterocycles. The molecule has 0 aromatic heterocycles. The number of allylic oxidation sites excluding steroid dienone is 2. The third-order valence-electron chi connectivity index (χ3n) is 18.5. The molecule has 8 aliphatic rings. The Morgan fingerprint density at radius 1 is 0.561 bits per heavy atom. The van der Waals surface area contributed by atoms with Gasteiger partial charge in [-0.1, -0.05) is 71.8 Å². The Bertz CT molecular complexity index is 2920. The number of amides is 2. The molecule has 436 valence electrons. The van der Waals surface area contributed by atoms with Gasteiger partial charge in [-0.25, -0.2) is 9.59 Å². The molecule has 0 radical (unpaired) electrons. The zero-order valence-electron chi connectivity index (χ0n) is 47.5. The Kier molecular flexibility index (Phi) is 17.1. The highest BCUT2D eigenvalue weighted by Crippen LogP contribution is 2.48. The van der Waals surface area contributed by atoms with Gasteiger partial charge in [0.15, 0.2) is 11.2 Å². The van der Waals surface area contributed by atoms with Crippen LogP contribution in [0.2, 0.25) is 10.0 Å². The third kappa shape index (κ3) is 11.9. The summed E-state index contributed by atoms with van der Waals surface area (Å²) in [6.45, 7) is 5.14. The summed E-state index contributed by atoms with van der Waals surface area (Å²) in [5.41, 5.74) is 2.86. The van der Waals surface area contributed by atoms with E-state index in [1.807, 2.05) is 48.6 Å². The van der Waals surface area contributed by atoms with Gasteiger partial charge in [0.2, 0.25) is 11.8 Å². The lowest BCUT2D eigenvalue weighted by Crippen LogP contribution is -2.46. The predicted octanol–water partition coefficient (Wildman–Crippen LogP) is 10.6. The van der Waals surface area contributed by atoms with E-state index in [0.717, 1.165) is 150 Å². The Labute approximate surface area is 492 Å². The number of rotatable bonds is 4. The molecule has 16 heteroatoms. The van der Waals surface area contributed by atoms with Gasteiger partial charge in [-0.3, -0.25) is 9.59 Å². The fraction of sp³-hybridized carbons (Fsp3) is 0.515. The molecule has 4 atom stereocenters. The largest absolute Gasteiger partial charge is 0.490 e. The number of halogens is 2. The molecule has 4 aromatic carbocycles. The number of fused-ring (bicyclic) bond motifs is 6. The van der Waals surface area contributed by atoms with E-state index >= 15 is 0 Å². The molecule has 4 heterocycles. The topological polar surface area (TPSA) is 159 Å². The first-order chi connectivity index (χ1) is 39.7. The van der Waals surface area contributed by atoms with E-state index in [1.165, 1.54) is 36.5 Å². The van der Waals surface area contributed by atoms with Gasteiger partial charge in [-0.05, 0) is 185 Å². The minimum Gasteiger partial charge on any atom is -0.490 e. The molecule has 0 unspecified atom stereocenters. The highest BCUT2D eigenvalue weighted by molar-refractivity contribution is 6.31. The molecular weight excluding hydrogens is 1080 g/mol.